The maximum absolute atomic E-state index is 13.7. The zero-order valence-electron chi connectivity index (χ0n) is 19.8. The molecule has 0 spiro atoms. The SMILES string of the molecule is COC[C@H](C)N1C(=O)c2c(O)c(=O)ccn2N(C2c3ccccc3CCc3ccccc32)[C@@H]1CO. The van der Waals surface area contributed by atoms with Crippen LogP contribution in [-0.4, -0.2) is 58.2 Å². The van der Waals surface area contributed by atoms with E-state index < -0.39 is 29.3 Å². The van der Waals surface area contributed by atoms with Gasteiger partial charge in [-0.15, -0.1) is 0 Å². The monoisotopic (exact) mass is 475 g/mol. The van der Waals surface area contributed by atoms with Gasteiger partial charge in [-0.1, -0.05) is 48.5 Å². The van der Waals surface area contributed by atoms with Gasteiger partial charge in [-0.3, -0.25) is 19.3 Å². The van der Waals surface area contributed by atoms with Gasteiger partial charge in [0.1, 0.15) is 6.17 Å². The first-order valence-electron chi connectivity index (χ1n) is 11.8. The first kappa shape index (κ1) is 23.1. The van der Waals surface area contributed by atoms with E-state index in [1.807, 2.05) is 36.2 Å². The number of aryl methyl sites for hydroxylation is 2. The van der Waals surface area contributed by atoms with Crippen LogP contribution in [0.5, 0.6) is 5.75 Å². The number of ether oxygens (including phenoxy) is 1. The van der Waals surface area contributed by atoms with Crippen LogP contribution >= 0.6 is 0 Å². The molecule has 182 valence electrons. The Bertz CT molecular complexity index is 1270. The van der Waals surface area contributed by atoms with E-state index in [0.29, 0.717) is 0 Å². The molecule has 1 aromatic heterocycles. The number of nitrogens with zero attached hydrogens (tertiary/aromatic N) is 3. The molecule has 8 heteroatoms. The molecule has 3 aromatic rings. The van der Waals surface area contributed by atoms with Crippen LogP contribution in [0.25, 0.3) is 0 Å². The highest BCUT2D eigenvalue weighted by molar-refractivity contribution is 5.96. The number of aromatic hydroxyl groups is 1. The van der Waals surface area contributed by atoms with Crippen molar-refractivity contribution in [3.8, 4) is 5.75 Å². The predicted octanol–water partition coefficient (Wildman–Crippen LogP) is 2.19. The number of methoxy groups -OCH3 is 1. The third-order valence-corrected chi connectivity index (χ3v) is 7.04. The minimum Gasteiger partial charge on any atom is -0.502 e. The molecule has 0 saturated carbocycles. The molecule has 0 radical (unpaired) electrons. The topological polar surface area (TPSA) is 95.2 Å². The Labute approximate surface area is 203 Å². The minimum atomic E-state index is -0.772. The Hall–Kier alpha value is -3.62. The summed E-state index contributed by atoms with van der Waals surface area (Å²) >= 11 is 0. The molecule has 0 unspecified atom stereocenters. The molecular weight excluding hydrogens is 446 g/mol. The van der Waals surface area contributed by atoms with E-state index in [0.717, 1.165) is 24.0 Å². The predicted molar refractivity (Wildman–Crippen MR) is 131 cm³/mol. The van der Waals surface area contributed by atoms with Crippen molar-refractivity contribution in [1.29, 1.82) is 0 Å². The number of amides is 1. The largest absolute Gasteiger partial charge is 0.502 e. The molecule has 0 saturated heterocycles. The van der Waals surface area contributed by atoms with Gasteiger partial charge >= 0.3 is 0 Å². The Morgan fingerprint density at radius 2 is 1.60 bits per heavy atom. The van der Waals surface area contributed by atoms with Crippen molar-refractivity contribution < 1.29 is 19.7 Å². The molecule has 2 aliphatic rings. The lowest BCUT2D eigenvalue weighted by Gasteiger charge is -2.51. The summed E-state index contributed by atoms with van der Waals surface area (Å²) in [5, 5.41) is 23.4. The molecule has 8 nitrogen and oxygen atoms in total. The normalized spacial score (nSPS) is 18.5. The van der Waals surface area contributed by atoms with Crippen molar-refractivity contribution in [2.75, 3.05) is 25.3 Å². The average Bonchev–Trinajstić information content (AvgIpc) is 3.03. The summed E-state index contributed by atoms with van der Waals surface area (Å²) in [5.74, 6) is -1.14. The molecule has 35 heavy (non-hydrogen) atoms. The second kappa shape index (κ2) is 9.20. The van der Waals surface area contributed by atoms with Gasteiger partial charge in [0.25, 0.3) is 5.91 Å². The van der Waals surface area contributed by atoms with Crippen LogP contribution in [-0.2, 0) is 17.6 Å². The van der Waals surface area contributed by atoms with Crippen LogP contribution in [0.15, 0.2) is 65.6 Å². The zero-order chi connectivity index (χ0) is 24.7. The molecule has 0 bridgehead atoms. The van der Waals surface area contributed by atoms with Crippen molar-refractivity contribution >= 4 is 5.91 Å². The van der Waals surface area contributed by atoms with Crippen molar-refractivity contribution in [2.24, 2.45) is 0 Å². The third-order valence-electron chi connectivity index (χ3n) is 7.04. The highest BCUT2D eigenvalue weighted by atomic mass is 16.5. The fraction of sp³-hybridized carbons (Fsp3) is 0.333. The number of aromatic nitrogens is 1. The number of fused-ring (bicyclic) bond motifs is 3. The number of hydrogen-bond donors (Lipinski definition) is 2. The van der Waals surface area contributed by atoms with Gasteiger partial charge in [0.15, 0.2) is 11.4 Å². The molecule has 2 aromatic carbocycles. The van der Waals surface area contributed by atoms with Crippen LogP contribution in [0, 0.1) is 0 Å². The molecular formula is C27H29N3O5. The molecule has 1 aliphatic heterocycles. The molecule has 0 fully saturated rings. The quantitative estimate of drug-likeness (QED) is 0.588. The minimum absolute atomic E-state index is 0.121. The third kappa shape index (κ3) is 3.69. The first-order valence-corrected chi connectivity index (χ1v) is 11.8. The standard InChI is InChI=1S/C27H29N3O5/c1-17(16-35-2)29-23(15-31)30(28-14-13-22(32)26(33)25(28)27(29)34)24-20-9-5-3-7-18(20)11-12-19-8-4-6-10-21(19)24/h3-10,13-14,17,23-24,31,33H,11-12,15-16H2,1-2H3/t17-,23+/m0/s1. The molecule has 2 heterocycles. The van der Waals surface area contributed by atoms with Crippen molar-refractivity contribution in [3.63, 3.8) is 0 Å². The summed E-state index contributed by atoms with van der Waals surface area (Å²) in [4.78, 5) is 27.6. The van der Waals surface area contributed by atoms with Crippen LogP contribution < -0.4 is 10.4 Å². The second-order valence-corrected chi connectivity index (χ2v) is 9.08. The lowest BCUT2D eigenvalue weighted by atomic mass is 9.93. The van der Waals surface area contributed by atoms with E-state index in [1.54, 1.807) is 11.8 Å². The molecule has 1 amide bonds. The average molecular weight is 476 g/mol. The van der Waals surface area contributed by atoms with Crippen molar-refractivity contribution in [1.82, 2.24) is 9.58 Å². The Balaban J connectivity index is 1.82. The fourth-order valence-corrected chi connectivity index (χ4v) is 5.50. The highest BCUT2D eigenvalue weighted by Crippen LogP contribution is 2.40. The highest BCUT2D eigenvalue weighted by Gasteiger charge is 2.45. The van der Waals surface area contributed by atoms with E-state index in [1.165, 1.54) is 28.3 Å². The summed E-state index contributed by atoms with van der Waals surface area (Å²) in [6, 6.07) is 16.8. The lowest BCUT2D eigenvalue weighted by molar-refractivity contribution is 0.0146. The number of rotatable bonds is 5. The number of carbonyl (C=O) groups excluding carboxylic acids is 1. The van der Waals surface area contributed by atoms with Gasteiger partial charge in [0.2, 0.25) is 5.43 Å². The smallest absolute Gasteiger partial charge is 0.278 e. The Morgan fingerprint density at radius 1 is 1.00 bits per heavy atom. The van der Waals surface area contributed by atoms with E-state index >= 15 is 0 Å². The van der Waals surface area contributed by atoms with E-state index in [9.17, 15) is 19.8 Å². The van der Waals surface area contributed by atoms with Crippen molar-refractivity contribution in [2.45, 2.75) is 38.0 Å². The molecule has 1 aliphatic carbocycles. The molecule has 2 N–H and O–H groups in total. The Morgan fingerprint density at radius 3 is 2.17 bits per heavy atom. The maximum atomic E-state index is 13.7. The van der Waals surface area contributed by atoms with Gasteiger partial charge < -0.3 is 19.8 Å². The zero-order valence-corrected chi connectivity index (χ0v) is 19.8. The van der Waals surface area contributed by atoms with Crippen molar-refractivity contribution in [3.05, 3.63) is 99.0 Å². The summed E-state index contributed by atoms with van der Waals surface area (Å²) < 4.78 is 6.87. The van der Waals surface area contributed by atoms with Gasteiger partial charge in [0.05, 0.1) is 25.3 Å². The lowest BCUT2D eigenvalue weighted by Crippen LogP contribution is -2.66. The number of pyridine rings is 1. The summed E-state index contributed by atoms with van der Waals surface area (Å²) in [7, 11) is 1.55. The number of carbonyl (C=O) groups is 1. The maximum Gasteiger partial charge on any atom is 0.278 e. The second-order valence-electron chi connectivity index (χ2n) is 9.08. The van der Waals surface area contributed by atoms with E-state index in [-0.39, 0.29) is 24.9 Å². The number of aliphatic hydroxyl groups is 1. The summed E-state index contributed by atoms with van der Waals surface area (Å²) in [6.07, 6.45) is 2.44. The fourth-order valence-electron chi connectivity index (χ4n) is 5.50. The van der Waals surface area contributed by atoms with Gasteiger partial charge in [-0.2, -0.15) is 0 Å². The van der Waals surface area contributed by atoms with Crippen LogP contribution in [0.2, 0.25) is 0 Å². The van der Waals surface area contributed by atoms with Gasteiger partial charge in [-0.25, -0.2) is 0 Å². The van der Waals surface area contributed by atoms with Crippen LogP contribution in [0.4, 0.5) is 0 Å². The number of aliphatic hydroxyl groups excluding tert-OH is 1. The van der Waals surface area contributed by atoms with Gasteiger partial charge in [-0.05, 0) is 42.0 Å². The first-order chi connectivity index (χ1) is 17.0. The Kier molecular flexibility index (Phi) is 6.08. The molecule has 2 atom stereocenters. The summed E-state index contributed by atoms with van der Waals surface area (Å²) in [6.45, 7) is 1.70. The van der Waals surface area contributed by atoms with E-state index in [4.69, 9.17) is 4.74 Å². The number of hydrogen-bond acceptors (Lipinski definition) is 6. The van der Waals surface area contributed by atoms with Crippen LogP contribution in [0.1, 0.15) is 45.7 Å². The number of benzene rings is 2. The van der Waals surface area contributed by atoms with E-state index in [2.05, 4.69) is 24.3 Å². The van der Waals surface area contributed by atoms with Gasteiger partial charge in [0, 0.05) is 19.4 Å². The van der Waals surface area contributed by atoms with Crippen LogP contribution in [0.3, 0.4) is 0 Å². The summed E-state index contributed by atoms with van der Waals surface area (Å²) in [5.41, 5.74) is 3.69. The molecule has 5 rings (SSSR count).